The van der Waals surface area contributed by atoms with Gasteiger partial charge in [-0.05, 0) is 42.7 Å². The average Bonchev–Trinajstić information content (AvgIpc) is 2.59. The second-order valence-electron chi connectivity index (χ2n) is 6.55. The van der Waals surface area contributed by atoms with Gasteiger partial charge in [-0.25, -0.2) is 4.79 Å². The Morgan fingerprint density at radius 2 is 1.89 bits per heavy atom. The maximum absolute atomic E-state index is 12.1. The van der Waals surface area contributed by atoms with Gasteiger partial charge < -0.3 is 15.7 Å². The van der Waals surface area contributed by atoms with Crippen LogP contribution in [-0.2, 0) is 20.8 Å². The maximum atomic E-state index is 12.1. The Morgan fingerprint density at radius 3 is 2.56 bits per heavy atom. The number of amides is 2. The number of aliphatic carboxylic acids is 1. The molecule has 9 heteroatoms. The van der Waals surface area contributed by atoms with E-state index in [4.69, 9.17) is 0 Å². The summed E-state index contributed by atoms with van der Waals surface area (Å²) in [5.41, 5.74) is 2.20. The van der Waals surface area contributed by atoms with Gasteiger partial charge in [0, 0.05) is 0 Å². The lowest BCUT2D eigenvalue weighted by molar-refractivity contribution is -0.144. The molecule has 2 amide bonds. The zero-order chi connectivity index (χ0) is 20.0. The molecule has 1 aliphatic carbocycles. The number of carboxylic acid groups (broad SMARTS) is 1. The molecule has 0 bridgehead atoms. The van der Waals surface area contributed by atoms with Crippen LogP contribution in [0, 0.1) is 0 Å². The Bertz CT molecular complexity index is 706. The molecule has 0 heterocycles. The van der Waals surface area contributed by atoms with Crippen LogP contribution >= 0.6 is 0 Å². The molecule has 0 aliphatic heterocycles. The summed E-state index contributed by atoms with van der Waals surface area (Å²) in [6.45, 7) is -1.54. The third-order valence-electron chi connectivity index (χ3n) is 4.45. The van der Waals surface area contributed by atoms with Crippen LogP contribution in [0.25, 0.3) is 0 Å². The summed E-state index contributed by atoms with van der Waals surface area (Å²) in [5.74, 6) is -3.33. The van der Waals surface area contributed by atoms with Gasteiger partial charge in [0.25, 0.3) is 0 Å². The topological polar surface area (TPSA) is 95.5 Å². The summed E-state index contributed by atoms with van der Waals surface area (Å²) in [6.07, 6.45) is -2.69. The largest absolute Gasteiger partial charge is 0.480 e. The summed E-state index contributed by atoms with van der Waals surface area (Å²) in [5, 5.41) is 13.2. The predicted octanol–water partition coefficient (Wildman–Crippen LogP) is 2.13. The first-order chi connectivity index (χ1) is 12.7. The van der Waals surface area contributed by atoms with Crippen LogP contribution < -0.4 is 10.6 Å². The Hall–Kier alpha value is -2.58. The van der Waals surface area contributed by atoms with Crippen molar-refractivity contribution in [3.63, 3.8) is 0 Å². The van der Waals surface area contributed by atoms with Crippen molar-refractivity contribution < 1.29 is 32.7 Å². The van der Waals surface area contributed by atoms with Crippen LogP contribution in [0.2, 0.25) is 0 Å². The van der Waals surface area contributed by atoms with E-state index in [9.17, 15) is 32.7 Å². The smallest absolute Gasteiger partial charge is 0.405 e. The minimum absolute atomic E-state index is 0.0459. The quantitative estimate of drug-likeness (QED) is 0.626. The lowest BCUT2D eigenvalue weighted by atomic mass is 9.79. The van der Waals surface area contributed by atoms with E-state index in [1.54, 1.807) is 5.32 Å². The Balaban J connectivity index is 1.93. The van der Waals surface area contributed by atoms with Crippen molar-refractivity contribution in [1.82, 2.24) is 10.6 Å². The molecule has 1 aliphatic rings. The van der Waals surface area contributed by atoms with Crippen molar-refractivity contribution in [2.24, 2.45) is 0 Å². The fraction of sp³-hybridized carbons (Fsp3) is 0.500. The molecule has 0 radical (unpaired) electrons. The molecule has 1 aromatic carbocycles. The fourth-order valence-corrected chi connectivity index (χ4v) is 3.26. The van der Waals surface area contributed by atoms with Crippen molar-refractivity contribution in [2.45, 2.75) is 50.2 Å². The molecule has 0 saturated carbocycles. The Kier molecular flexibility index (Phi) is 6.81. The normalized spacial score (nSPS) is 17.5. The van der Waals surface area contributed by atoms with E-state index in [-0.39, 0.29) is 12.3 Å². The fourth-order valence-electron chi connectivity index (χ4n) is 3.26. The number of alkyl halides is 3. The monoisotopic (exact) mass is 386 g/mol. The standard InChI is InChI=1S/C18H21F3N2O4/c19-18(20,21)10-22-15(24)9-16(25)23-14(17(26)27)8-12-6-3-5-11-4-1-2-7-13(11)12/h1-2,4,7,12,14H,3,5-6,8-10H2,(H,22,24)(H,23,25)(H,26,27). The highest BCUT2D eigenvalue weighted by Gasteiger charge is 2.30. The minimum Gasteiger partial charge on any atom is -0.480 e. The Labute approximate surface area is 154 Å². The van der Waals surface area contributed by atoms with E-state index in [0.29, 0.717) is 0 Å². The van der Waals surface area contributed by atoms with E-state index in [0.717, 1.165) is 30.4 Å². The number of hydrogen-bond acceptors (Lipinski definition) is 3. The summed E-state index contributed by atoms with van der Waals surface area (Å²) in [7, 11) is 0. The molecule has 6 nitrogen and oxygen atoms in total. The molecule has 2 unspecified atom stereocenters. The maximum Gasteiger partial charge on any atom is 0.405 e. The van der Waals surface area contributed by atoms with Gasteiger partial charge in [0.1, 0.15) is 19.0 Å². The van der Waals surface area contributed by atoms with Crippen LogP contribution in [0.5, 0.6) is 0 Å². The van der Waals surface area contributed by atoms with Gasteiger partial charge in [-0.3, -0.25) is 9.59 Å². The lowest BCUT2D eigenvalue weighted by Crippen LogP contribution is -2.44. The molecule has 1 aromatic rings. The lowest BCUT2D eigenvalue weighted by Gasteiger charge is -2.28. The molecule has 0 spiro atoms. The molecule has 3 N–H and O–H groups in total. The molecular formula is C18H21F3N2O4. The van der Waals surface area contributed by atoms with Crippen molar-refractivity contribution in [1.29, 1.82) is 0 Å². The van der Waals surface area contributed by atoms with Gasteiger partial charge in [0.15, 0.2) is 0 Å². The van der Waals surface area contributed by atoms with Gasteiger partial charge in [-0.1, -0.05) is 24.3 Å². The second kappa shape index (κ2) is 8.88. The number of benzene rings is 1. The van der Waals surface area contributed by atoms with Crippen molar-refractivity contribution in [2.75, 3.05) is 6.54 Å². The van der Waals surface area contributed by atoms with Crippen LogP contribution in [-0.4, -0.2) is 41.7 Å². The number of rotatable bonds is 7. The molecule has 0 aromatic heterocycles. The number of fused-ring (bicyclic) bond motifs is 1. The number of carboxylic acids is 1. The van der Waals surface area contributed by atoms with Gasteiger partial charge in [-0.15, -0.1) is 0 Å². The zero-order valence-electron chi connectivity index (χ0n) is 14.5. The number of carbonyl (C=O) groups is 3. The first-order valence-corrected chi connectivity index (χ1v) is 8.59. The van der Waals surface area contributed by atoms with Gasteiger partial charge in [0.05, 0.1) is 0 Å². The summed E-state index contributed by atoms with van der Waals surface area (Å²) < 4.78 is 36.2. The van der Waals surface area contributed by atoms with Gasteiger partial charge in [-0.2, -0.15) is 13.2 Å². The van der Waals surface area contributed by atoms with Gasteiger partial charge >= 0.3 is 12.1 Å². The second-order valence-corrected chi connectivity index (χ2v) is 6.55. The molecule has 2 atom stereocenters. The zero-order valence-corrected chi connectivity index (χ0v) is 14.5. The number of hydrogen-bond donors (Lipinski definition) is 3. The van der Waals surface area contributed by atoms with Crippen molar-refractivity contribution >= 4 is 17.8 Å². The number of carbonyl (C=O) groups excluding carboxylic acids is 2. The van der Waals surface area contributed by atoms with E-state index >= 15 is 0 Å². The Morgan fingerprint density at radius 1 is 1.19 bits per heavy atom. The van der Waals surface area contributed by atoms with Crippen LogP contribution in [0.1, 0.15) is 42.7 Å². The molecule has 27 heavy (non-hydrogen) atoms. The van der Waals surface area contributed by atoms with Crippen molar-refractivity contribution in [3.8, 4) is 0 Å². The van der Waals surface area contributed by atoms with E-state index in [2.05, 4.69) is 5.32 Å². The molecule has 2 rings (SSSR count). The van der Waals surface area contributed by atoms with E-state index in [1.807, 2.05) is 24.3 Å². The first kappa shape index (κ1) is 20.7. The summed E-state index contributed by atoms with van der Waals surface area (Å²) in [6, 6.07) is 6.49. The highest BCUT2D eigenvalue weighted by Crippen LogP contribution is 2.34. The highest BCUT2D eigenvalue weighted by atomic mass is 19.4. The molecule has 148 valence electrons. The third kappa shape index (κ3) is 6.58. The average molecular weight is 386 g/mol. The molecule has 0 saturated heterocycles. The van der Waals surface area contributed by atoms with E-state index in [1.165, 1.54) is 0 Å². The molecule has 0 fully saturated rings. The number of halogens is 3. The number of nitrogens with one attached hydrogen (secondary N) is 2. The third-order valence-corrected chi connectivity index (χ3v) is 4.45. The van der Waals surface area contributed by atoms with Gasteiger partial charge in [0.2, 0.25) is 11.8 Å². The SMILES string of the molecule is O=C(CC(=O)NC(CC1CCCc2ccccc21)C(=O)O)NCC(F)(F)F. The summed E-state index contributed by atoms with van der Waals surface area (Å²) in [4.78, 5) is 34.7. The van der Waals surface area contributed by atoms with E-state index < -0.39 is 43.0 Å². The summed E-state index contributed by atoms with van der Waals surface area (Å²) >= 11 is 0. The predicted molar refractivity (Wildman–Crippen MR) is 90.0 cm³/mol. The first-order valence-electron chi connectivity index (χ1n) is 8.59. The van der Waals surface area contributed by atoms with Crippen LogP contribution in [0.3, 0.4) is 0 Å². The number of aryl methyl sites for hydroxylation is 1. The van der Waals surface area contributed by atoms with Crippen LogP contribution in [0.15, 0.2) is 24.3 Å². The highest BCUT2D eigenvalue weighted by molar-refractivity contribution is 5.98. The minimum atomic E-state index is -4.58. The van der Waals surface area contributed by atoms with Crippen molar-refractivity contribution in [3.05, 3.63) is 35.4 Å². The molecular weight excluding hydrogens is 365 g/mol. The van der Waals surface area contributed by atoms with Crippen LogP contribution in [0.4, 0.5) is 13.2 Å².